The molecule has 0 atom stereocenters. The van der Waals surface area contributed by atoms with E-state index in [9.17, 15) is 14.7 Å². The van der Waals surface area contributed by atoms with Crippen molar-refractivity contribution in [2.24, 2.45) is 0 Å². The first-order valence-corrected chi connectivity index (χ1v) is 7.13. The van der Waals surface area contributed by atoms with E-state index >= 15 is 0 Å². The molecule has 22 heavy (non-hydrogen) atoms. The molecule has 5 nitrogen and oxygen atoms in total. The van der Waals surface area contributed by atoms with Crippen LogP contribution in [0.15, 0.2) is 36.7 Å². The van der Waals surface area contributed by atoms with Crippen LogP contribution in [0.3, 0.4) is 0 Å². The average molecular weight is 296 g/mol. The van der Waals surface area contributed by atoms with E-state index in [0.29, 0.717) is 30.5 Å². The molecule has 0 bridgehead atoms. The molecule has 0 radical (unpaired) electrons. The third kappa shape index (κ3) is 2.89. The Labute approximate surface area is 128 Å². The SMILES string of the molecule is O=Cc1cc2c(cc1O)CN(CC(=O)c1cccnc1)CC2. The smallest absolute Gasteiger partial charge is 0.178 e. The molecule has 0 aliphatic carbocycles. The molecule has 5 heteroatoms. The number of phenols is 1. The Morgan fingerprint density at radius 3 is 2.95 bits per heavy atom. The van der Waals surface area contributed by atoms with Gasteiger partial charge in [-0.2, -0.15) is 0 Å². The number of aromatic hydroxyl groups is 1. The molecule has 1 aliphatic heterocycles. The topological polar surface area (TPSA) is 70.5 Å². The van der Waals surface area contributed by atoms with Crippen molar-refractivity contribution in [3.8, 4) is 5.75 Å². The monoisotopic (exact) mass is 296 g/mol. The molecule has 0 spiro atoms. The summed E-state index contributed by atoms with van der Waals surface area (Å²) in [6.45, 7) is 1.66. The zero-order valence-electron chi connectivity index (χ0n) is 12.0. The number of phenolic OH excluding ortho intramolecular Hbond substituents is 1. The van der Waals surface area contributed by atoms with Crippen LogP contribution in [0.4, 0.5) is 0 Å². The number of fused-ring (bicyclic) bond motifs is 1. The highest BCUT2D eigenvalue weighted by molar-refractivity contribution is 5.97. The maximum Gasteiger partial charge on any atom is 0.178 e. The lowest BCUT2D eigenvalue weighted by atomic mass is 9.96. The van der Waals surface area contributed by atoms with Gasteiger partial charge in [-0.1, -0.05) is 0 Å². The lowest BCUT2D eigenvalue weighted by Gasteiger charge is -2.28. The van der Waals surface area contributed by atoms with Crippen LogP contribution in [0.2, 0.25) is 0 Å². The Hall–Kier alpha value is -2.53. The van der Waals surface area contributed by atoms with E-state index in [1.165, 1.54) is 0 Å². The molecular weight excluding hydrogens is 280 g/mol. The summed E-state index contributed by atoms with van der Waals surface area (Å²) in [7, 11) is 0. The molecule has 0 amide bonds. The number of hydrogen-bond donors (Lipinski definition) is 1. The molecule has 3 rings (SSSR count). The number of nitrogens with zero attached hydrogens (tertiary/aromatic N) is 2. The van der Waals surface area contributed by atoms with Gasteiger partial charge in [0.25, 0.3) is 0 Å². The van der Waals surface area contributed by atoms with Gasteiger partial charge in [-0.15, -0.1) is 0 Å². The first kappa shape index (κ1) is 14.4. The molecule has 112 valence electrons. The zero-order chi connectivity index (χ0) is 15.5. The third-order valence-corrected chi connectivity index (χ3v) is 3.92. The number of pyridine rings is 1. The van der Waals surface area contributed by atoms with Gasteiger partial charge in [0.15, 0.2) is 12.1 Å². The van der Waals surface area contributed by atoms with Crippen LogP contribution in [-0.2, 0) is 13.0 Å². The maximum absolute atomic E-state index is 12.2. The third-order valence-electron chi connectivity index (χ3n) is 3.92. The number of Topliss-reactive ketones (excluding diaryl/α,β-unsaturated/α-hetero) is 1. The van der Waals surface area contributed by atoms with Gasteiger partial charge in [0.2, 0.25) is 0 Å². The minimum Gasteiger partial charge on any atom is -0.507 e. The standard InChI is InChI=1S/C17H16N2O3/c20-11-15-6-12-3-5-19(9-14(12)7-16(15)21)10-17(22)13-2-1-4-18-8-13/h1-2,4,6-8,11,21H,3,5,9-10H2. The summed E-state index contributed by atoms with van der Waals surface area (Å²) in [5, 5.41) is 9.79. The Balaban J connectivity index is 1.73. The van der Waals surface area contributed by atoms with Crippen LogP contribution in [0.5, 0.6) is 5.75 Å². The van der Waals surface area contributed by atoms with Gasteiger partial charge < -0.3 is 5.11 Å². The van der Waals surface area contributed by atoms with Crippen LogP contribution in [0, 0.1) is 0 Å². The largest absolute Gasteiger partial charge is 0.507 e. The summed E-state index contributed by atoms with van der Waals surface area (Å²) < 4.78 is 0. The molecule has 1 aromatic heterocycles. The summed E-state index contributed by atoms with van der Waals surface area (Å²) >= 11 is 0. The van der Waals surface area contributed by atoms with E-state index < -0.39 is 0 Å². The molecule has 2 heterocycles. The van der Waals surface area contributed by atoms with Gasteiger partial charge in [-0.25, -0.2) is 0 Å². The second-order valence-corrected chi connectivity index (χ2v) is 5.42. The molecule has 0 unspecified atom stereocenters. The molecule has 1 aliphatic rings. The van der Waals surface area contributed by atoms with Crippen molar-refractivity contribution < 1.29 is 14.7 Å². The molecule has 1 N–H and O–H groups in total. The van der Waals surface area contributed by atoms with Crippen molar-refractivity contribution in [2.75, 3.05) is 13.1 Å². The number of ketones is 1. The summed E-state index contributed by atoms with van der Waals surface area (Å²) in [6.07, 6.45) is 4.63. The fraction of sp³-hybridized carbons (Fsp3) is 0.235. The first-order chi connectivity index (χ1) is 10.7. The van der Waals surface area contributed by atoms with Crippen LogP contribution in [0.25, 0.3) is 0 Å². The van der Waals surface area contributed by atoms with Crippen LogP contribution in [-0.4, -0.2) is 40.1 Å². The van der Waals surface area contributed by atoms with Crippen molar-refractivity contribution in [3.63, 3.8) is 0 Å². The van der Waals surface area contributed by atoms with Crippen molar-refractivity contribution in [1.29, 1.82) is 0 Å². The fourth-order valence-electron chi connectivity index (χ4n) is 2.73. The number of carbonyl (C=O) groups excluding carboxylic acids is 2. The van der Waals surface area contributed by atoms with Crippen LogP contribution < -0.4 is 0 Å². The van der Waals surface area contributed by atoms with Gasteiger partial charge in [0.1, 0.15) is 5.75 Å². The minimum absolute atomic E-state index is 0.00538. The lowest BCUT2D eigenvalue weighted by molar-refractivity contribution is 0.0921. The fourth-order valence-corrected chi connectivity index (χ4v) is 2.73. The summed E-state index contributed by atoms with van der Waals surface area (Å²) in [4.78, 5) is 29.1. The van der Waals surface area contributed by atoms with Crippen LogP contribution in [0.1, 0.15) is 31.8 Å². The Morgan fingerprint density at radius 2 is 2.23 bits per heavy atom. The predicted molar refractivity (Wildman–Crippen MR) is 81.0 cm³/mol. The zero-order valence-corrected chi connectivity index (χ0v) is 12.0. The van der Waals surface area contributed by atoms with Gasteiger partial charge >= 0.3 is 0 Å². The normalized spacial score (nSPS) is 14.4. The Bertz CT molecular complexity index is 713. The quantitative estimate of drug-likeness (QED) is 0.688. The molecule has 2 aromatic rings. The maximum atomic E-state index is 12.2. The highest BCUT2D eigenvalue weighted by atomic mass is 16.3. The van der Waals surface area contributed by atoms with Gasteiger partial charge in [0.05, 0.1) is 12.1 Å². The number of rotatable bonds is 4. The van der Waals surface area contributed by atoms with E-state index in [1.54, 1.807) is 36.7 Å². The van der Waals surface area contributed by atoms with E-state index in [-0.39, 0.29) is 11.5 Å². The number of benzene rings is 1. The minimum atomic E-state index is -0.00538. The second kappa shape index (κ2) is 6.07. The highest BCUT2D eigenvalue weighted by Crippen LogP contribution is 2.26. The van der Waals surface area contributed by atoms with Gasteiger partial charge in [-0.3, -0.25) is 19.5 Å². The number of hydrogen-bond acceptors (Lipinski definition) is 5. The van der Waals surface area contributed by atoms with Crippen LogP contribution >= 0.6 is 0 Å². The first-order valence-electron chi connectivity index (χ1n) is 7.13. The van der Waals surface area contributed by atoms with Crippen molar-refractivity contribution in [3.05, 3.63) is 58.9 Å². The van der Waals surface area contributed by atoms with E-state index in [2.05, 4.69) is 4.98 Å². The average Bonchev–Trinajstić information content (AvgIpc) is 2.55. The summed E-state index contributed by atoms with van der Waals surface area (Å²) in [5.74, 6) is 0.0273. The summed E-state index contributed by atoms with van der Waals surface area (Å²) in [6, 6.07) is 6.87. The molecule has 0 saturated carbocycles. The van der Waals surface area contributed by atoms with Gasteiger partial charge in [0, 0.05) is 31.0 Å². The summed E-state index contributed by atoms with van der Waals surface area (Å²) in [5.41, 5.74) is 2.95. The van der Waals surface area contributed by atoms with E-state index in [0.717, 1.165) is 24.1 Å². The number of aromatic nitrogens is 1. The van der Waals surface area contributed by atoms with Gasteiger partial charge in [-0.05, 0) is 41.8 Å². The molecule has 0 fully saturated rings. The Morgan fingerprint density at radius 1 is 1.36 bits per heavy atom. The van der Waals surface area contributed by atoms with E-state index in [4.69, 9.17) is 0 Å². The number of carbonyl (C=O) groups is 2. The highest BCUT2D eigenvalue weighted by Gasteiger charge is 2.20. The second-order valence-electron chi connectivity index (χ2n) is 5.42. The lowest BCUT2D eigenvalue weighted by Crippen LogP contribution is -2.35. The predicted octanol–water partition coefficient (Wildman–Crippen LogP) is 1.84. The van der Waals surface area contributed by atoms with Crippen molar-refractivity contribution in [1.82, 2.24) is 9.88 Å². The molecule has 1 aromatic carbocycles. The van der Waals surface area contributed by atoms with Crippen molar-refractivity contribution >= 4 is 12.1 Å². The molecular formula is C17H16N2O3. The Kier molecular flexibility index (Phi) is 3.98. The number of aldehydes is 1. The van der Waals surface area contributed by atoms with E-state index in [1.807, 2.05) is 4.90 Å². The van der Waals surface area contributed by atoms with Crippen molar-refractivity contribution in [2.45, 2.75) is 13.0 Å². The molecule has 0 saturated heterocycles.